The van der Waals surface area contributed by atoms with E-state index in [0.717, 1.165) is 77.0 Å². The SMILES string of the molecule is CCNC(=NCC1(CCOCC)CC1)N1CCN(Cc2ccc(OC)c(F)c2)CC1.I. The van der Waals surface area contributed by atoms with Crippen LogP contribution in [0.1, 0.15) is 38.7 Å². The van der Waals surface area contributed by atoms with Crippen LogP contribution in [0.15, 0.2) is 23.2 Å². The second kappa shape index (κ2) is 12.8. The molecule has 0 unspecified atom stereocenters. The van der Waals surface area contributed by atoms with Gasteiger partial charge in [0.25, 0.3) is 0 Å². The van der Waals surface area contributed by atoms with Gasteiger partial charge in [0.05, 0.1) is 7.11 Å². The molecule has 1 aromatic carbocycles. The monoisotopic (exact) mass is 548 g/mol. The summed E-state index contributed by atoms with van der Waals surface area (Å²) in [6.07, 6.45) is 3.63. The van der Waals surface area contributed by atoms with Gasteiger partial charge in [-0.05, 0) is 56.2 Å². The molecule has 176 valence electrons. The molecule has 6 nitrogen and oxygen atoms in total. The summed E-state index contributed by atoms with van der Waals surface area (Å²) in [7, 11) is 1.49. The first kappa shape index (κ1) is 26.1. The number of methoxy groups -OCH3 is 1. The number of guanidine groups is 1. The highest BCUT2D eigenvalue weighted by molar-refractivity contribution is 14.0. The molecule has 1 heterocycles. The number of nitrogens with one attached hydrogen (secondary N) is 1. The highest BCUT2D eigenvalue weighted by atomic mass is 127. The Hall–Kier alpha value is -1.13. The minimum atomic E-state index is -0.298. The summed E-state index contributed by atoms with van der Waals surface area (Å²) in [4.78, 5) is 9.70. The van der Waals surface area contributed by atoms with Crippen molar-refractivity contribution in [1.82, 2.24) is 15.1 Å². The maximum absolute atomic E-state index is 14.0. The Labute approximate surface area is 203 Å². The largest absolute Gasteiger partial charge is 0.494 e. The number of hydrogen-bond acceptors (Lipinski definition) is 4. The molecule has 1 aliphatic heterocycles. The number of ether oxygens (including phenoxy) is 2. The van der Waals surface area contributed by atoms with Gasteiger partial charge in [-0.2, -0.15) is 0 Å². The predicted molar refractivity (Wildman–Crippen MR) is 134 cm³/mol. The lowest BCUT2D eigenvalue weighted by Gasteiger charge is -2.36. The zero-order chi connectivity index (χ0) is 21.4. The van der Waals surface area contributed by atoms with E-state index >= 15 is 0 Å². The van der Waals surface area contributed by atoms with Crippen molar-refractivity contribution in [1.29, 1.82) is 0 Å². The zero-order valence-electron chi connectivity index (χ0n) is 19.2. The number of aliphatic imine (C=N–C) groups is 1. The van der Waals surface area contributed by atoms with Crippen LogP contribution in [0.2, 0.25) is 0 Å². The van der Waals surface area contributed by atoms with Gasteiger partial charge in [-0.1, -0.05) is 6.07 Å². The number of piperazine rings is 1. The van der Waals surface area contributed by atoms with Crippen LogP contribution in [0, 0.1) is 11.2 Å². The van der Waals surface area contributed by atoms with Crippen molar-refractivity contribution in [3.8, 4) is 5.75 Å². The van der Waals surface area contributed by atoms with Crippen molar-refractivity contribution in [2.75, 3.05) is 59.6 Å². The Morgan fingerprint density at radius 3 is 2.52 bits per heavy atom. The van der Waals surface area contributed by atoms with Gasteiger partial charge in [0.15, 0.2) is 17.5 Å². The van der Waals surface area contributed by atoms with E-state index in [4.69, 9.17) is 14.5 Å². The molecule has 0 amide bonds. The molecule has 0 aromatic heterocycles. The third-order valence-corrected chi connectivity index (χ3v) is 6.13. The van der Waals surface area contributed by atoms with E-state index in [9.17, 15) is 4.39 Å². The molecule has 8 heteroatoms. The van der Waals surface area contributed by atoms with E-state index in [-0.39, 0.29) is 29.8 Å². The first-order chi connectivity index (χ1) is 14.6. The molecule has 1 saturated carbocycles. The predicted octanol–water partition coefficient (Wildman–Crippen LogP) is 3.74. The van der Waals surface area contributed by atoms with E-state index in [2.05, 4.69) is 22.0 Å². The van der Waals surface area contributed by atoms with Gasteiger partial charge < -0.3 is 19.7 Å². The first-order valence-electron chi connectivity index (χ1n) is 11.2. The van der Waals surface area contributed by atoms with Gasteiger partial charge in [0.1, 0.15) is 0 Å². The smallest absolute Gasteiger partial charge is 0.194 e. The minimum Gasteiger partial charge on any atom is -0.494 e. The number of nitrogens with zero attached hydrogens (tertiary/aromatic N) is 3. The molecule has 1 aromatic rings. The summed E-state index contributed by atoms with van der Waals surface area (Å²) in [5.41, 5.74) is 1.34. The molecule has 0 atom stereocenters. The quantitative estimate of drug-likeness (QED) is 0.209. The fraction of sp³-hybridized carbons (Fsp3) is 0.696. The maximum atomic E-state index is 14.0. The fourth-order valence-corrected chi connectivity index (χ4v) is 3.95. The number of benzene rings is 1. The maximum Gasteiger partial charge on any atom is 0.194 e. The Bertz CT molecular complexity index is 707. The topological polar surface area (TPSA) is 49.3 Å². The van der Waals surface area contributed by atoms with Gasteiger partial charge >= 0.3 is 0 Å². The van der Waals surface area contributed by atoms with Crippen molar-refractivity contribution in [3.63, 3.8) is 0 Å². The molecular weight excluding hydrogens is 510 g/mol. The van der Waals surface area contributed by atoms with Crippen LogP contribution in [0.3, 0.4) is 0 Å². The van der Waals surface area contributed by atoms with Gasteiger partial charge in [-0.25, -0.2) is 4.39 Å². The summed E-state index contributed by atoms with van der Waals surface area (Å²) in [5, 5.41) is 3.47. The van der Waals surface area contributed by atoms with Crippen LogP contribution in [-0.2, 0) is 11.3 Å². The van der Waals surface area contributed by atoms with E-state index < -0.39 is 0 Å². The van der Waals surface area contributed by atoms with Crippen LogP contribution < -0.4 is 10.1 Å². The molecule has 1 N–H and O–H groups in total. The summed E-state index contributed by atoms with van der Waals surface area (Å²) in [5.74, 6) is 1.02. The standard InChI is InChI=1S/C23H37FN4O2.HI/c1-4-25-22(26-18-23(8-9-23)10-15-30-5-2)28-13-11-27(12-14-28)17-19-6-7-21(29-3)20(24)16-19;/h6-7,16H,4-5,8-15,17-18H2,1-3H3,(H,25,26);1H. The van der Waals surface area contributed by atoms with Crippen molar-refractivity contribution >= 4 is 29.9 Å². The van der Waals surface area contributed by atoms with Crippen LogP contribution in [0.4, 0.5) is 4.39 Å². The van der Waals surface area contributed by atoms with Gasteiger partial charge in [0, 0.05) is 59.0 Å². The highest BCUT2D eigenvalue weighted by Crippen LogP contribution is 2.49. The fourth-order valence-electron chi connectivity index (χ4n) is 3.95. The molecule has 0 bridgehead atoms. The minimum absolute atomic E-state index is 0. The summed E-state index contributed by atoms with van der Waals surface area (Å²) in [6, 6.07) is 5.22. The van der Waals surface area contributed by atoms with Gasteiger partial charge in [-0.15, -0.1) is 24.0 Å². The molecule has 31 heavy (non-hydrogen) atoms. The van der Waals surface area contributed by atoms with Gasteiger partial charge in [0.2, 0.25) is 0 Å². The molecular formula is C23H38FIN4O2. The Morgan fingerprint density at radius 1 is 1.19 bits per heavy atom. The Kier molecular flexibility index (Phi) is 10.8. The third-order valence-electron chi connectivity index (χ3n) is 6.13. The average Bonchev–Trinajstić information content (AvgIpc) is 3.52. The van der Waals surface area contributed by atoms with Crippen LogP contribution in [0.5, 0.6) is 5.75 Å². The van der Waals surface area contributed by atoms with Crippen molar-refractivity contribution in [2.24, 2.45) is 10.4 Å². The van der Waals surface area contributed by atoms with E-state index in [0.29, 0.717) is 11.2 Å². The van der Waals surface area contributed by atoms with Crippen molar-refractivity contribution in [3.05, 3.63) is 29.6 Å². The molecule has 1 aliphatic carbocycles. The number of halogens is 2. The van der Waals surface area contributed by atoms with E-state index in [1.165, 1.54) is 20.0 Å². The van der Waals surface area contributed by atoms with Gasteiger partial charge in [-0.3, -0.25) is 9.89 Å². The molecule has 0 radical (unpaired) electrons. The van der Waals surface area contributed by atoms with E-state index in [1.807, 2.05) is 13.0 Å². The molecule has 2 fully saturated rings. The Morgan fingerprint density at radius 2 is 1.94 bits per heavy atom. The lowest BCUT2D eigenvalue weighted by Crippen LogP contribution is -2.52. The lowest BCUT2D eigenvalue weighted by molar-refractivity contribution is 0.129. The molecule has 1 saturated heterocycles. The van der Waals surface area contributed by atoms with Crippen molar-refractivity contribution in [2.45, 2.75) is 39.7 Å². The van der Waals surface area contributed by atoms with Crippen LogP contribution in [0.25, 0.3) is 0 Å². The average molecular weight is 548 g/mol. The van der Waals surface area contributed by atoms with Crippen molar-refractivity contribution < 1.29 is 13.9 Å². The van der Waals surface area contributed by atoms with Crippen LogP contribution >= 0.6 is 24.0 Å². The molecule has 0 spiro atoms. The Balaban J connectivity index is 0.00000341. The van der Waals surface area contributed by atoms with E-state index in [1.54, 1.807) is 12.1 Å². The summed E-state index contributed by atoms with van der Waals surface area (Å²) < 4.78 is 24.5. The lowest BCUT2D eigenvalue weighted by atomic mass is 10.0. The third kappa shape index (κ3) is 7.75. The normalized spacial score (nSPS) is 18.5. The first-order valence-corrected chi connectivity index (χ1v) is 11.2. The van der Waals surface area contributed by atoms with Crippen LogP contribution in [-0.4, -0.2) is 75.4 Å². The number of rotatable bonds is 10. The summed E-state index contributed by atoms with van der Waals surface area (Å²) >= 11 is 0. The number of hydrogen-bond donors (Lipinski definition) is 1. The molecule has 3 rings (SSSR count). The summed E-state index contributed by atoms with van der Waals surface area (Å²) in [6.45, 7) is 12.0. The zero-order valence-corrected chi connectivity index (χ0v) is 21.5. The second-order valence-electron chi connectivity index (χ2n) is 8.35. The molecule has 2 aliphatic rings. The highest BCUT2D eigenvalue weighted by Gasteiger charge is 2.42. The second-order valence-corrected chi connectivity index (χ2v) is 8.35.